The van der Waals surface area contributed by atoms with Crippen LogP contribution in [0.2, 0.25) is 0 Å². The molecule has 0 aliphatic carbocycles. The lowest BCUT2D eigenvalue weighted by molar-refractivity contribution is -0.128. The largest absolute Gasteiger partial charge is 0.346 e. The molecule has 0 spiro atoms. The van der Waals surface area contributed by atoms with Crippen LogP contribution < -0.4 is 10.6 Å². The van der Waals surface area contributed by atoms with Gasteiger partial charge in [-0.25, -0.2) is 4.98 Å². The molecule has 2 rings (SSSR count). The number of nitrogens with two attached hydrogens (primary N) is 1. The maximum Gasteiger partial charge on any atom is 0.219 e. The number of carbonyl (C=O) groups excluding carboxylic acids is 1. The Labute approximate surface area is 105 Å². The first-order valence-electron chi connectivity index (χ1n) is 5.85. The molecule has 94 valence electrons. The van der Waals surface area contributed by atoms with E-state index in [1.54, 1.807) is 18.3 Å². The van der Waals surface area contributed by atoms with Gasteiger partial charge in [0.25, 0.3) is 0 Å². The summed E-state index contributed by atoms with van der Waals surface area (Å²) in [5, 5.41) is 3.03. The van der Waals surface area contributed by atoms with Crippen molar-refractivity contribution in [2.75, 3.05) is 31.1 Å². The van der Waals surface area contributed by atoms with Crippen molar-refractivity contribution in [3.63, 3.8) is 0 Å². The van der Waals surface area contributed by atoms with Gasteiger partial charge in [-0.15, -0.1) is 11.3 Å². The molecule has 0 aromatic carbocycles. The third kappa shape index (κ3) is 2.95. The first-order chi connectivity index (χ1) is 8.20. The molecule has 17 heavy (non-hydrogen) atoms. The second-order valence-electron chi connectivity index (χ2n) is 4.17. The first kappa shape index (κ1) is 12.3. The zero-order chi connectivity index (χ0) is 12.3. The van der Waals surface area contributed by atoms with Crippen molar-refractivity contribution in [3.05, 3.63) is 11.1 Å². The van der Waals surface area contributed by atoms with Gasteiger partial charge in [0.05, 0.1) is 5.69 Å². The molecule has 0 bridgehead atoms. The van der Waals surface area contributed by atoms with Gasteiger partial charge in [0, 0.05) is 45.0 Å². The molecular weight excluding hydrogens is 236 g/mol. The van der Waals surface area contributed by atoms with E-state index in [9.17, 15) is 4.79 Å². The van der Waals surface area contributed by atoms with Crippen LogP contribution >= 0.6 is 11.3 Å². The molecule has 6 heteroatoms. The smallest absolute Gasteiger partial charge is 0.219 e. The molecule has 2 N–H and O–H groups in total. The van der Waals surface area contributed by atoms with Crippen LogP contribution in [0.4, 0.5) is 5.13 Å². The maximum absolute atomic E-state index is 11.3. The van der Waals surface area contributed by atoms with Gasteiger partial charge < -0.3 is 15.5 Å². The van der Waals surface area contributed by atoms with Gasteiger partial charge >= 0.3 is 0 Å². The third-order valence-electron chi connectivity index (χ3n) is 2.96. The topological polar surface area (TPSA) is 62.5 Å². The van der Waals surface area contributed by atoms with E-state index in [2.05, 4.69) is 9.88 Å². The minimum Gasteiger partial charge on any atom is -0.346 e. The van der Waals surface area contributed by atoms with E-state index in [0.29, 0.717) is 6.54 Å². The predicted molar refractivity (Wildman–Crippen MR) is 69.1 cm³/mol. The van der Waals surface area contributed by atoms with Gasteiger partial charge in [-0.05, 0) is 6.42 Å². The van der Waals surface area contributed by atoms with Crippen LogP contribution in [-0.2, 0) is 11.3 Å². The van der Waals surface area contributed by atoms with Crippen LogP contribution in [0.15, 0.2) is 5.38 Å². The third-order valence-corrected chi connectivity index (χ3v) is 3.91. The number of thiazole rings is 1. The number of hydrogen-bond donors (Lipinski definition) is 1. The zero-order valence-electron chi connectivity index (χ0n) is 10.1. The Morgan fingerprint density at radius 1 is 1.47 bits per heavy atom. The highest BCUT2D eigenvalue weighted by Crippen LogP contribution is 2.21. The molecule has 0 unspecified atom stereocenters. The summed E-state index contributed by atoms with van der Waals surface area (Å²) >= 11 is 1.63. The summed E-state index contributed by atoms with van der Waals surface area (Å²) in [6.07, 6.45) is 0.997. The minimum absolute atomic E-state index is 0.161. The fraction of sp³-hybridized carbons (Fsp3) is 0.636. The monoisotopic (exact) mass is 254 g/mol. The van der Waals surface area contributed by atoms with E-state index >= 15 is 0 Å². The second-order valence-corrected chi connectivity index (χ2v) is 5.01. The average Bonchev–Trinajstić information content (AvgIpc) is 2.65. The van der Waals surface area contributed by atoms with Gasteiger partial charge in [-0.3, -0.25) is 4.79 Å². The number of rotatable bonds is 2. The Morgan fingerprint density at radius 3 is 2.94 bits per heavy atom. The predicted octanol–water partition coefficient (Wildman–Crippen LogP) is 0.660. The number of amides is 1. The van der Waals surface area contributed by atoms with E-state index in [1.165, 1.54) is 0 Å². The molecule has 1 fully saturated rings. The lowest BCUT2D eigenvalue weighted by Gasteiger charge is -2.20. The van der Waals surface area contributed by atoms with Gasteiger partial charge in [0.2, 0.25) is 5.91 Å². The highest BCUT2D eigenvalue weighted by molar-refractivity contribution is 7.13. The lowest BCUT2D eigenvalue weighted by Crippen LogP contribution is -2.33. The number of hydrogen-bond acceptors (Lipinski definition) is 5. The summed E-state index contributed by atoms with van der Waals surface area (Å²) in [5.74, 6) is 0.161. The van der Waals surface area contributed by atoms with Crippen molar-refractivity contribution in [3.8, 4) is 0 Å². The molecule has 0 saturated carbocycles. The molecular formula is C11H18N4OS. The van der Waals surface area contributed by atoms with Crippen molar-refractivity contribution >= 4 is 22.4 Å². The Hall–Kier alpha value is -1.14. The molecule has 1 aromatic rings. The van der Waals surface area contributed by atoms with Crippen LogP contribution in [-0.4, -0.2) is 42.0 Å². The lowest BCUT2D eigenvalue weighted by atomic mass is 10.4. The molecule has 1 aliphatic heterocycles. The van der Waals surface area contributed by atoms with Crippen molar-refractivity contribution < 1.29 is 4.79 Å². The first-order valence-corrected chi connectivity index (χ1v) is 6.73. The summed E-state index contributed by atoms with van der Waals surface area (Å²) in [4.78, 5) is 19.9. The molecule has 1 aromatic heterocycles. The van der Waals surface area contributed by atoms with E-state index in [4.69, 9.17) is 5.73 Å². The molecule has 1 aliphatic rings. The van der Waals surface area contributed by atoms with Crippen molar-refractivity contribution in [1.29, 1.82) is 0 Å². The summed E-state index contributed by atoms with van der Waals surface area (Å²) < 4.78 is 0. The van der Waals surface area contributed by atoms with Crippen molar-refractivity contribution in [2.45, 2.75) is 19.9 Å². The fourth-order valence-electron chi connectivity index (χ4n) is 1.96. The Morgan fingerprint density at radius 2 is 2.29 bits per heavy atom. The number of aromatic nitrogens is 1. The number of nitrogens with zero attached hydrogens (tertiary/aromatic N) is 3. The second kappa shape index (κ2) is 5.46. The highest BCUT2D eigenvalue weighted by Gasteiger charge is 2.18. The van der Waals surface area contributed by atoms with Crippen LogP contribution in [0, 0.1) is 0 Å². The van der Waals surface area contributed by atoms with Gasteiger partial charge in [0.15, 0.2) is 5.13 Å². The average molecular weight is 254 g/mol. The molecule has 1 saturated heterocycles. The quantitative estimate of drug-likeness (QED) is 0.842. The Bertz CT molecular complexity index is 393. The normalized spacial score (nSPS) is 17.1. The van der Waals surface area contributed by atoms with Crippen LogP contribution in [0.25, 0.3) is 0 Å². The summed E-state index contributed by atoms with van der Waals surface area (Å²) in [6.45, 7) is 5.57. The summed E-state index contributed by atoms with van der Waals surface area (Å²) in [5.41, 5.74) is 6.50. The van der Waals surface area contributed by atoms with Crippen LogP contribution in [0.5, 0.6) is 0 Å². The molecule has 1 amide bonds. The highest BCUT2D eigenvalue weighted by atomic mass is 32.1. The fourth-order valence-corrected chi connectivity index (χ4v) is 2.85. The number of carbonyl (C=O) groups is 1. The summed E-state index contributed by atoms with van der Waals surface area (Å²) in [7, 11) is 0. The summed E-state index contributed by atoms with van der Waals surface area (Å²) in [6, 6.07) is 0. The Kier molecular flexibility index (Phi) is 3.96. The van der Waals surface area contributed by atoms with Gasteiger partial charge in [0.1, 0.15) is 0 Å². The molecule has 0 radical (unpaired) electrons. The van der Waals surface area contributed by atoms with Crippen molar-refractivity contribution in [1.82, 2.24) is 9.88 Å². The maximum atomic E-state index is 11.3. The SMILES string of the molecule is CC(=O)N1CCCN(c2nc(CN)cs2)CC1. The van der Waals surface area contributed by atoms with E-state index in [-0.39, 0.29) is 5.91 Å². The van der Waals surface area contributed by atoms with Crippen molar-refractivity contribution in [2.24, 2.45) is 5.73 Å². The minimum atomic E-state index is 0.161. The molecule has 2 heterocycles. The van der Waals surface area contributed by atoms with Crippen LogP contribution in [0.3, 0.4) is 0 Å². The molecule has 5 nitrogen and oxygen atoms in total. The number of anilines is 1. The van der Waals surface area contributed by atoms with Gasteiger partial charge in [-0.1, -0.05) is 0 Å². The molecule has 0 atom stereocenters. The van der Waals surface area contributed by atoms with E-state index < -0.39 is 0 Å². The van der Waals surface area contributed by atoms with E-state index in [0.717, 1.165) is 43.4 Å². The van der Waals surface area contributed by atoms with Crippen LogP contribution in [0.1, 0.15) is 19.0 Å². The zero-order valence-corrected chi connectivity index (χ0v) is 10.9. The van der Waals surface area contributed by atoms with Gasteiger partial charge in [-0.2, -0.15) is 0 Å². The Balaban J connectivity index is 2.01. The standard InChI is InChI=1S/C11H18N4OS/c1-9(16)14-3-2-4-15(6-5-14)11-13-10(7-12)8-17-11/h8H,2-7,12H2,1H3. The van der Waals surface area contributed by atoms with E-state index in [1.807, 2.05) is 10.3 Å².